The summed E-state index contributed by atoms with van der Waals surface area (Å²) in [6, 6.07) is 21.2. The minimum atomic E-state index is -1.18. The van der Waals surface area contributed by atoms with E-state index in [0.29, 0.717) is 16.6 Å². The molecule has 1 aromatic heterocycles. The molecule has 0 radical (unpaired) electrons. The van der Waals surface area contributed by atoms with E-state index in [1.807, 2.05) is 36.4 Å². The van der Waals surface area contributed by atoms with Crippen molar-refractivity contribution in [2.75, 3.05) is 11.9 Å². The summed E-state index contributed by atoms with van der Waals surface area (Å²) in [4.78, 5) is 23.9. The van der Waals surface area contributed by atoms with E-state index < -0.39 is 12.1 Å². The number of aromatic carboxylic acids is 1. The van der Waals surface area contributed by atoms with Gasteiger partial charge in [0.2, 0.25) is 0 Å². The predicted molar refractivity (Wildman–Crippen MR) is 112 cm³/mol. The highest BCUT2D eigenvalue weighted by molar-refractivity contribution is 6.09. The van der Waals surface area contributed by atoms with Crippen LogP contribution in [0.5, 0.6) is 0 Å². The normalized spacial score (nSPS) is 12.4. The number of carbonyl (C=O) groups is 2. The van der Waals surface area contributed by atoms with Crippen molar-refractivity contribution in [1.82, 2.24) is 10.2 Å². The van der Waals surface area contributed by atoms with Crippen LogP contribution in [0.1, 0.15) is 27.5 Å². The largest absolute Gasteiger partial charge is 0.476 e. The zero-order chi connectivity index (χ0) is 20.7. The highest BCUT2D eigenvalue weighted by Crippen LogP contribution is 2.44. The molecule has 3 aromatic carbocycles. The van der Waals surface area contributed by atoms with Crippen LogP contribution in [0, 0.1) is 0 Å². The van der Waals surface area contributed by atoms with Gasteiger partial charge in [-0.05, 0) is 34.4 Å². The Morgan fingerprint density at radius 3 is 2.30 bits per heavy atom. The van der Waals surface area contributed by atoms with Crippen molar-refractivity contribution in [3.8, 4) is 11.1 Å². The molecule has 7 nitrogen and oxygen atoms in total. The third-order valence-corrected chi connectivity index (χ3v) is 5.37. The molecule has 0 aliphatic heterocycles. The number of amides is 1. The highest BCUT2D eigenvalue weighted by atomic mass is 16.5. The van der Waals surface area contributed by atoms with Gasteiger partial charge in [0.05, 0.1) is 16.6 Å². The number of rotatable bonds is 4. The van der Waals surface area contributed by atoms with E-state index in [1.54, 1.807) is 18.2 Å². The van der Waals surface area contributed by atoms with Crippen LogP contribution >= 0.6 is 0 Å². The van der Waals surface area contributed by atoms with E-state index in [4.69, 9.17) is 4.74 Å². The monoisotopic (exact) mass is 399 g/mol. The molecule has 30 heavy (non-hydrogen) atoms. The van der Waals surface area contributed by atoms with Crippen LogP contribution in [-0.2, 0) is 4.74 Å². The fraction of sp³-hybridized carbons (Fsp3) is 0.0870. The van der Waals surface area contributed by atoms with E-state index >= 15 is 0 Å². The van der Waals surface area contributed by atoms with Gasteiger partial charge in [0, 0.05) is 5.92 Å². The van der Waals surface area contributed by atoms with Gasteiger partial charge in [-0.2, -0.15) is 5.10 Å². The summed E-state index contributed by atoms with van der Waals surface area (Å²) >= 11 is 0. The first kappa shape index (κ1) is 17.9. The molecule has 1 aliphatic rings. The number of nitrogens with one attached hydrogen (secondary N) is 2. The van der Waals surface area contributed by atoms with E-state index in [0.717, 1.165) is 22.3 Å². The van der Waals surface area contributed by atoms with Gasteiger partial charge in [-0.15, -0.1) is 0 Å². The Bertz CT molecular complexity index is 1250. The second-order valence-corrected chi connectivity index (χ2v) is 7.06. The maximum absolute atomic E-state index is 12.5. The number of aromatic nitrogens is 2. The van der Waals surface area contributed by atoms with Crippen molar-refractivity contribution in [3.63, 3.8) is 0 Å². The molecule has 0 spiro atoms. The van der Waals surface area contributed by atoms with Crippen LogP contribution < -0.4 is 5.32 Å². The van der Waals surface area contributed by atoms with E-state index in [-0.39, 0.29) is 18.2 Å². The number of ether oxygens (including phenoxy) is 1. The summed E-state index contributed by atoms with van der Waals surface area (Å²) < 4.78 is 5.54. The summed E-state index contributed by atoms with van der Waals surface area (Å²) in [6.45, 7) is 0.174. The van der Waals surface area contributed by atoms with Crippen LogP contribution in [0.15, 0.2) is 66.7 Å². The van der Waals surface area contributed by atoms with Crippen molar-refractivity contribution in [1.29, 1.82) is 0 Å². The number of nitrogens with zero attached hydrogens (tertiary/aromatic N) is 1. The molecule has 0 fully saturated rings. The highest BCUT2D eigenvalue weighted by Gasteiger charge is 2.29. The molecule has 148 valence electrons. The number of anilines is 1. The maximum Gasteiger partial charge on any atom is 0.411 e. The number of carbonyl (C=O) groups excluding carboxylic acids is 1. The molecule has 1 aliphatic carbocycles. The molecule has 0 saturated heterocycles. The first-order chi connectivity index (χ1) is 14.6. The third-order valence-electron chi connectivity index (χ3n) is 5.37. The van der Waals surface area contributed by atoms with E-state index in [1.165, 1.54) is 0 Å². The van der Waals surface area contributed by atoms with Crippen molar-refractivity contribution in [3.05, 3.63) is 83.6 Å². The quantitative estimate of drug-likeness (QED) is 0.464. The SMILES string of the molecule is O=C(Nc1cccc2[nH]nc(C(=O)O)c12)OCC1c2ccccc2-c2ccccc21. The molecular weight excluding hydrogens is 382 g/mol. The maximum atomic E-state index is 12.5. The molecule has 1 heterocycles. The van der Waals surface area contributed by atoms with Gasteiger partial charge < -0.3 is 9.84 Å². The van der Waals surface area contributed by atoms with Crippen LogP contribution in [-0.4, -0.2) is 34.0 Å². The van der Waals surface area contributed by atoms with Gasteiger partial charge in [-0.3, -0.25) is 10.4 Å². The van der Waals surface area contributed by atoms with Crippen molar-refractivity contribution in [2.45, 2.75) is 5.92 Å². The van der Waals surface area contributed by atoms with Gasteiger partial charge in [0.1, 0.15) is 6.61 Å². The lowest BCUT2D eigenvalue weighted by Gasteiger charge is -2.15. The van der Waals surface area contributed by atoms with Crippen LogP contribution in [0.25, 0.3) is 22.0 Å². The Balaban J connectivity index is 1.37. The first-order valence-corrected chi connectivity index (χ1v) is 9.46. The Morgan fingerprint density at radius 2 is 1.63 bits per heavy atom. The number of carboxylic acids is 1. The summed E-state index contributed by atoms with van der Waals surface area (Å²) in [5.41, 5.74) is 5.24. The fourth-order valence-electron chi connectivity index (χ4n) is 4.08. The minimum absolute atomic E-state index is 0.0533. The molecule has 3 N–H and O–H groups in total. The Labute approximate surface area is 171 Å². The van der Waals surface area contributed by atoms with Gasteiger partial charge in [0.15, 0.2) is 5.69 Å². The lowest BCUT2D eigenvalue weighted by atomic mass is 9.98. The average Bonchev–Trinajstić information content (AvgIpc) is 3.33. The summed E-state index contributed by atoms with van der Waals surface area (Å²) in [5.74, 6) is -1.23. The van der Waals surface area contributed by atoms with Gasteiger partial charge >= 0.3 is 12.1 Å². The molecular formula is C23H17N3O4. The first-order valence-electron chi connectivity index (χ1n) is 9.46. The minimum Gasteiger partial charge on any atom is -0.476 e. The summed E-state index contributed by atoms with van der Waals surface area (Å²) in [6.07, 6.45) is -0.651. The second kappa shape index (κ2) is 7.04. The fourth-order valence-corrected chi connectivity index (χ4v) is 4.08. The molecule has 1 amide bonds. The van der Waals surface area contributed by atoms with E-state index in [2.05, 4.69) is 27.6 Å². The molecule has 4 aromatic rings. The van der Waals surface area contributed by atoms with Crippen LogP contribution in [0.3, 0.4) is 0 Å². The summed E-state index contributed by atoms with van der Waals surface area (Å²) in [5, 5.41) is 18.8. The number of hydrogen-bond acceptors (Lipinski definition) is 4. The Kier molecular flexibility index (Phi) is 4.21. The molecule has 5 rings (SSSR count). The molecule has 0 unspecified atom stereocenters. The molecule has 7 heteroatoms. The number of benzene rings is 3. The van der Waals surface area contributed by atoms with Crippen molar-refractivity contribution in [2.24, 2.45) is 0 Å². The zero-order valence-corrected chi connectivity index (χ0v) is 15.8. The van der Waals surface area contributed by atoms with E-state index in [9.17, 15) is 14.7 Å². The van der Waals surface area contributed by atoms with Crippen LogP contribution in [0.4, 0.5) is 10.5 Å². The second-order valence-electron chi connectivity index (χ2n) is 7.06. The number of carboxylic acid groups (broad SMARTS) is 1. The number of H-pyrrole nitrogens is 1. The van der Waals surface area contributed by atoms with Gasteiger partial charge in [-0.25, -0.2) is 9.59 Å². The molecule has 0 atom stereocenters. The average molecular weight is 399 g/mol. The molecule has 0 bridgehead atoms. The number of aromatic amines is 1. The zero-order valence-electron chi connectivity index (χ0n) is 15.8. The lowest BCUT2D eigenvalue weighted by molar-refractivity contribution is 0.0692. The third kappa shape index (κ3) is 2.88. The topological polar surface area (TPSA) is 104 Å². The van der Waals surface area contributed by atoms with Gasteiger partial charge in [0.25, 0.3) is 0 Å². The predicted octanol–water partition coefficient (Wildman–Crippen LogP) is 4.62. The van der Waals surface area contributed by atoms with Crippen LogP contribution in [0.2, 0.25) is 0 Å². The van der Waals surface area contributed by atoms with Gasteiger partial charge in [-0.1, -0.05) is 54.6 Å². The van der Waals surface area contributed by atoms with Crippen molar-refractivity contribution >= 4 is 28.7 Å². The smallest absolute Gasteiger partial charge is 0.411 e. The Hall–Kier alpha value is -4.13. The number of hydrogen-bond donors (Lipinski definition) is 3. The number of fused-ring (bicyclic) bond motifs is 4. The summed E-state index contributed by atoms with van der Waals surface area (Å²) in [7, 11) is 0. The Morgan fingerprint density at radius 1 is 0.967 bits per heavy atom. The van der Waals surface area contributed by atoms with Crippen molar-refractivity contribution < 1.29 is 19.4 Å². The lowest BCUT2D eigenvalue weighted by Crippen LogP contribution is -2.18. The molecule has 0 saturated carbocycles. The standard InChI is InChI=1S/C23H17N3O4/c27-22(28)21-20-18(10-5-11-19(20)25-26-21)24-23(29)30-12-17-15-8-3-1-6-13(15)14-7-2-4-9-16(14)17/h1-11,17H,12H2,(H,24,29)(H,25,26)(H,27,28).